The second-order valence-corrected chi connectivity index (χ2v) is 1.57. The van der Waals surface area contributed by atoms with Crippen molar-refractivity contribution in [1.29, 1.82) is 0 Å². The summed E-state index contributed by atoms with van der Waals surface area (Å²) in [6.45, 7) is 4.48. The Hall–Kier alpha value is -1.51. The van der Waals surface area contributed by atoms with Crippen molar-refractivity contribution in [1.82, 2.24) is 0 Å². The van der Waals surface area contributed by atoms with Gasteiger partial charge in [0.25, 0.3) is 0 Å². The van der Waals surface area contributed by atoms with Crippen LogP contribution in [0.4, 0.5) is 0 Å². The Morgan fingerprint density at radius 2 is 2.09 bits per heavy atom. The molecule has 3 nitrogen and oxygen atoms in total. The molecular formula is C8H10O3. The maximum Gasteiger partial charge on any atom is 0.307 e. The van der Waals surface area contributed by atoms with Gasteiger partial charge in [-0.3, -0.25) is 4.79 Å². The molecule has 1 aromatic heterocycles. The zero-order valence-corrected chi connectivity index (χ0v) is 6.32. The molecular weight excluding hydrogens is 144 g/mol. The molecule has 0 radical (unpaired) electrons. The maximum absolute atomic E-state index is 9.75. The van der Waals surface area contributed by atoms with E-state index >= 15 is 0 Å². The highest BCUT2D eigenvalue weighted by Crippen LogP contribution is 1.79. The minimum Gasteiger partial charge on any atom is -0.473 e. The molecule has 11 heavy (non-hydrogen) atoms. The van der Waals surface area contributed by atoms with Crippen molar-refractivity contribution in [2.75, 3.05) is 0 Å². The summed E-state index contributed by atoms with van der Waals surface area (Å²) in [7, 11) is 0. The molecule has 0 unspecified atom stereocenters. The summed E-state index contributed by atoms with van der Waals surface area (Å²) < 4.78 is 8.75. The van der Waals surface area contributed by atoms with Crippen LogP contribution in [-0.4, -0.2) is 5.97 Å². The lowest BCUT2D eigenvalue weighted by Crippen LogP contribution is -1.87. The van der Waals surface area contributed by atoms with Gasteiger partial charge in [-0.1, -0.05) is 6.58 Å². The van der Waals surface area contributed by atoms with Crippen LogP contribution in [0.2, 0.25) is 0 Å². The third-order valence-corrected chi connectivity index (χ3v) is 0.675. The van der Waals surface area contributed by atoms with Crippen molar-refractivity contribution in [2.24, 2.45) is 0 Å². The Kier molecular flexibility index (Phi) is 5.70. The van der Waals surface area contributed by atoms with Crippen LogP contribution in [0.25, 0.3) is 0 Å². The number of hydrogen-bond donors (Lipinski definition) is 0. The summed E-state index contributed by atoms with van der Waals surface area (Å²) in [5, 5.41) is 0. The van der Waals surface area contributed by atoms with Crippen molar-refractivity contribution in [2.45, 2.75) is 6.92 Å². The van der Waals surface area contributed by atoms with Gasteiger partial charge in [-0.05, 0) is 12.1 Å². The third kappa shape index (κ3) is 8.49. The number of rotatable bonds is 1. The van der Waals surface area contributed by atoms with E-state index in [1.54, 1.807) is 12.5 Å². The monoisotopic (exact) mass is 154 g/mol. The molecule has 1 aromatic rings. The first-order valence-electron chi connectivity index (χ1n) is 3.02. The molecule has 0 amide bonds. The predicted molar refractivity (Wildman–Crippen MR) is 40.7 cm³/mol. The fourth-order valence-corrected chi connectivity index (χ4v) is 0.344. The molecule has 0 atom stereocenters. The fourth-order valence-electron chi connectivity index (χ4n) is 0.344. The third-order valence-electron chi connectivity index (χ3n) is 0.675. The first-order valence-corrected chi connectivity index (χ1v) is 3.02. The zero-order valence-electron chi connectivity index (χ0n) is 6.32. The minimum absolute atomic E-state index is 0.329. The molecule has 0 aliphatic rings. The smallest absolute Gasteiger partial charge is 0.307 e. The highest BCUT2D eigenvalue weighted by atomic mass is 16.5. The number of furan rings is 1. The molecule has 0 aromatic carbocycles. The number of carbonyl (C=O) groups is 1. The summed E-state index contributed by atoms with van der Waals surface area (Å²) in [5.41, 5.74) is 0. The first kappa shape index (κ1) is 9.49. The van der Waals surface area contributed by atoms with E-state index in [-0.39, 0.29) is 5.97 Å². The van der Waals surface area contributed by atoms with Gasteiger partial charge in [-0.15, -0.1) is 0 Å². The van der Waals surface area contributed by atoms with Crippen molar-refractivity contribution < 1.29 is 13.9 Å². The highest BCUT2D eigenvalue weighted by Gasteiger charge is 1.79. The van der Waals surface area contributed by atoms with E-state index in [4.69, 9.17) is 0 Å². The molecule has 3 heteroatoms. The second kappa shape index (κ2) is 6.61. The summed E-state index contributed by atoms with van der Waals surface area (Å²) >= 11 is 0. The van der Waals surface area contributed by atoms with Crippen LogP contribution in [0, 0.1) is 0 Å². The van der Waals surface area contributed by atoms with E-state index in [9.17, 15) is 4.79 Å². The van der Waals surface area contributed by atoms with Crippen LogP contribution < -0.4 is 0 Å². The molecule has 0 aliphatic carbocycles. The Bertz CT molecular complexity index is 172. The molecule has 0 spiro atoms. The van der Waals surface area contributed by atoms with Crippen LogP contribution in [0.3, 0.4) is 0 Å². The maximum atomic E-state index is 9.75. The van der Waals surface area contributed by atoms with Gasteiger partial charge in [0, 0.05) is 6.92 Å². The minimum atomic E-state index is -0.329. The van der Waals surface area contributed by atoms with Gasteiger partial charge in [-0.25, -0.2) is 0 Å². The van der Waals surface area contributed by atoms with Crippen LogP contribution in [0.1, 0.15) is 6.92 Å². The van der Waals surface area contributed by atoms with E-state index in [0.717, 1.165) is 6.26 Å². The molecule has 0 aliphatic heterocycles. The van der Waals surface area contributed by atoms with Gasteiger partial charge in [0.15, 0.2) is 0 Å². The Morgan fingerprint density at radius 1 is 1.55 bits per heavy atom. The Balaban J connectivity index is 0.000000183. The lowest BCUT2D eigenvalue weighted by Gasteiger charge is -1.83. The van der Waals surface area contributed by atoms with Crippen LogP contribution in [0.15, 0.2) is 41.9 Å². The SMILES string of the molecule is C=COC(C)=O.c1ccoc1. The topological polar surface area (TPSA) is 39.4 Å². The van der Waals surface area contributed by atoms with Crippen LogP contribution in [0.5, 0.6) is 0 Å². The van der Waals surface area contributed by atoms with E-state index in [2.05, 4.69) is 15.7 Å². The predicted octanol–water partition coefficient (Wildman–Crippen LogP) is 1.97. The van der Waals surface area contributed by atoms with Crippen molar-refractivity contribution in [3.63, 3.8) is 0 Å². The lowest BCUT2D eigenvalue weighted by molar-refractivity contribution is -0.135. The number of esters is 1. The number of ether oxygens (including phenoxy) is 1. The molecule has 0 fully saturated rings. The summed E-state index contributed by atoms with van der Waals surface area (Å²) in [6.07, 6.45) is 4.35. The lowest BCUT2D eigenvalue weighted by atomic mass is 10.7. The summed E-state index contributed by atoms with van der Waals surface area (Å²) in [5.74, 6) is -0.329. The average Bonchev–Trinajstić information content (AvgIpc) is 2.41. The van der Waals surface area contributed by atoms with Crippen LogP contribution >= 0.6 is 0 Å². The van der Waals surface area contributed by atoms with Crippen molar-refractivity contribution in [3.8, 4) is 0 Å². The molecule has 0 saturated carbocycles. The summed E-state index contributed by atoms with van der Waals surface area (Å²) in [6, 6.07) is 3.67. The normalized spacial score (nSPS) is 7.36. The molecule has 0 saturated heterocycles. The molecule has 1 heterocycles. The zero-order chi connectivity index (χ0) is 8.53. The number of carbonyl (C=O) groups excluding carboxylic acids is 1. The van der Waals surface area contributed by atoms with Crippen molar-refractivity contribution in [3.05, 3.63) is 37.5 Å². The van der Waals surface area contributed by atoms with Crippen LogP contribution in [-0.2, 0) is 9.53 Å². The Labute approximate surface area is 65.3 Å². The average molecular weight is 154 g/mol. The van der Waals surface area contributed by atoms with E-state index in [1.165, 1.54) is 6.92 Å². The first-order chi connectivity index (χ1) is 5.27. The van der Waals surface area contributed by atoms with Gasteiger partial charge in [0.2, 0.25) is 0 Å². The van der Waals surface area contributed by atoms with Gasteiger partial charge < -0.3 is 9.15 Å². The highest BCUT2D eigenvalue weighted by molar-refractivity contribution is 5.66. The summed E-state index contributed by atoms with van der Waals surface area (Å²) in [4.78, 5) is 9.75. The van der Waals surface area contributed by atoms with Gasteiger partial charge >= 0.3 is 5.97 Å². The molecule has 0 bridgehead atoms. The van der Waals surface area contributed by atoms with Gasteiger partial charge in [0.1, 0.15) is 0 Å². The van der Waals surface area contributed by atoms with Gasteiger partial charge in [0.05, 0.1) is 18.8 Å². The molecule has 0 N–H and O–H groups in total. The quantitative estimate of drug-likeness (QED) is 0.458. The largest absolute Gasteiger partial charge is 0.473 e. The van der Waals surface area contributed by atoms with Crippen molar-refractivity contribution >= 4 is 5.97 Å². The molecule has 60 valence electrons. The Morgan fingerprint density at radius 3 is 2.18 bits per heavy atom. The fraction of sp³-hybridized carbons (Fsp3) is 0.125. The van der Waals surface area contributed by atoms with E-state index in [1.807, 2.05) is 12.1 Å². The standard InChI is InChI=1S/C4H6O2.C4H4O/c1-3-6-4(2)5;1-2-4-5-3-1/h3H,1H2,2H3;1-4H. The number of hydrogen-bond acceptors (Lipinski definition) is 3. The van der Waals surface area contributed by atoms with E-state index < -0.39 is 0 Å². The second-order valence-electron chi connectivity index (χ2n) is 1.57. The van der Waals surface area contributed by atoms with E-state index in [0.29, 0.717) is 0 Å². The molecule has 1 rings (SSSR count). The van der Waals surface area contributed by atoms with Gasteiger partial charge in [-0.2, -0.15) is 0 Å².